The summed E-state index contributed by atoms with van der Waals surface area (Å²) < 4.78 is 0. The molecule has 0 aromatic carbocycles. The van der Waals surface area contributed by atoms with Crippen molar-refractivity contribution in [2.24, 2.45) is 5.73 Å². The van der Waals surface area contributed by atoms with E-state index in [4.69, 9.17) is 10.6 Å². The average Bonchev–Trinajstić information content (AvgIpc) is 2.48. The van der Waals surface area contributed by atoms with Gasteiger partial charge >= 0.3 is 0 Å². The Morgan fingerprint density at radius 2 is 2.54 bits per heavy atom. The summed E-state index contributed by atoms with van der Waals surface area (Å²) in [6.07, 6.45) is 2.71. The van der Waals surface area contributed by atoms with Crippen molar-refractivity contribution in [3.63, 3.8) is 0 Å². The number of nitrogens with two attached hydrogens (primary N) is 1. The number of carbonyl (C=O) groups is 2. The van der Waals surface area contributed by atoms with E-state index in [1.807, 2.05) is 6.92 Å². The van der Waals surface area contributed by atoms with Crippen molar-refractivity contribution in [3.8, 4) is 0 Å². The highest BCUT2D eigenvalue weighted by Gasteiger charge is 2.30. The van der Waals surface area contributed by atoms with Gasteiger partial charge in [-0.2, -0.15) is 0 Å². The second-order valence-corrected chi connectivity index (χ2v) is 2.73. The molecule has 1 aliphatic heterocycles. The molecule has 72 valence electrons. The maximum absolute atomic E-state index is 10.9. The van der Waals surface area contributed by atoms with Gasteiger partial charge < -0.3 is 15.4 Å². The minimum atomic E-state index is -0.500. The summed E-state index contributed by atoms with van der Waals surface area (Å²) in [5, 5.41) is 1.44. The molecule has 0 fully saturated rings. The standard InChI is InChI=1S/C8H12N2O3/c1-2-7-6(8(9)12)5-13-10(7)3-4-11/h4-5,7H,2-3H2,1H3,(H2,9,12). The molecule has 0 saturated heterocycles. The van der Waals surface area contributed by atoms with E-state index in [1.54, 1.807) is 0 Å². The van der Waals surface area contributed by atoms with Crippen LogP contribution in [-0.4, -0.2) is 29.8 Å². The Morgan fingerprint density at radius 1 is 1.85 bits per heavy atom. The molecule has 0 aliphatic carbocycles. The number of nitrogens with zero attached hydrogens (tertiary/aromatic N) is 1. The van der Waals surface area contributed by atoms with Crippen molar-refractivity contribution in [2.75, 3.05) is 6.54 Å². The quantitative estimate of drug-likeness (QED) is 0.602. The van der Waals surface area contributed by atoms with Crippen LogP contribution in [0.2, 0.25) is 0 Å². The highest BCUT2D eigenvalue weighted by Crippen LogP contribution is 2.21. The summed E-state index contributed by atoms with van der Waals surface area (Å²) in [5.41, 5.74) is 5.54. The highest BCUT2D eigenvalue weighted by molar-refractivity contribution is 5.93. The normalized spacial score (nSPS) is 22.2. The van der Waals surface area contributed by atoms with Gasteiger partial charge in [0.05, 0.1) is 18.2 Å². The summed E-state index contributed by atoms with van der Waals surface area (Å²) in [5.74, 6) is -0.500. The molecule has 1 unspecified atom stereocenters. The van der Waals surface area contributed by atoms with E-state index in [-0.39, 0.29) is 12.6 Å². The molecule has 5 heteroatoms. The fraction of sp³-hybridized carbons (Fsp3) is 0.500. The van der Waals surface area contributed by atoms with Crippen LogP contribution in [0.4, 0.5) is 0 Å². The Morgan fingerprint density at radius 3 is 3.00 bits per heavy atom. The van der Waals surface area contributed by atoms with E-state index in [2.05, 4.69) is 0 Å². The van der Waals surface area contributed by atoms with Crippen LogP contribution in [0.15, 0.2) is 11.8 Å². The van der Waals surface area contributed by atoms with Crippen LogP contribution in [0, 0.1) is 0 Å². The van der Waals surface area contributed by atoms with E-state index in [9.17, 15) is 9.59 Å². The first kappa shape index (κ1) is 9.73. The number of aldehydes is 1. The molecule has 13 heavy (non-hydrogen) atoms. The Hall–Kier alpha value is -1.36. The molecule has 1 rings (SSSR count). The number of hydrogen-bond donors (Lipinski definition) is 1. The molecular weight excluding hydrogens is 172 g/mol. The highest BCUT2D eigenvalue weighted by atomic mass is 16.7. The van der Waals surface area contributed by atoms with E-state index < -0.39 is 5.91 Å². The summed E-state index contributed by atoms with van der Waals surface area (Å²) in [6.45, 7) is 2.04. The summed E-state index contributed by atoms with van der Waals surface area (Å²) in [4.78, 5) is 26.1. The third-order valence-corrected chi connectivity index (χ3v) is 1.95. The Labute approximate surface area is 76.1 Å². The summed E-state index contributed by atoms with van der Waals surface area (Å²) >= 11 is 0. The monoisotopic (exact) mass is 184 g/mol. The third-order valence-electron chi connectivity index (χ3n) is 1.95. The summed E-state index contributed by atoms with van der Waals surface area (Å²) in [7, 11) is 0. The van der Waals surface area contributed by atoms with E-state index in [1.165, 1.54) is 11.3 Å². The lowest BCUT2D eigenvalue weighted by Crippen LogP contribution is -2.35. The molecule has 1 aliphatic rings. The molecular formula is C8H12N2O3. The second-order valence-electron chi connectivity index (χ2n) is 2.73. The van der Waals surface area contributed by atoms with Crippen molar-refractivity contribution >= 4 is 12.2 Å². The Balaban J connectivity index is 2.70. The lowest BCUT2D eigenvalue weighted by molar-refractivity contribution is -0.130. The van der Waals surface area contributed by atoms with Crippen molar-refractivity contribution in [1.29, 1.82) is 0 Å². The first-order valence-electron chi connectivity index (χ1n) is 4.07. The van der Waals surface area contributed by atoms with Crippen molar-refractivity contribution in [2.45, 2.75) is 19.4 Å². The van der Waals surface area contributed by atoms with Crippen LogP contribution in [0.1, 0.15) is 13.3 Å². The third kappa shape index (κ3) is 1.86. The van der Waals surface area contributed by atoms with Crippen LogP contribution in [0.3, 0.4) is 0 Å². The molecule has 1 heterocycles. The number of hydrogen-bond acceptors (Lipinski definition) is 4. The van der Waals surface area contributed by atoms with Crippen LogP contribution in [0.5, 0.6) is 0 Å². The molecule has 5 nitrogen and oxygen atoms in total. The van der Waals surface area contributed by atoms with Gasteiger partial charge in [0.25, 0.3) is 0 Å². The van der Waals surface area contributed by atoms with Gasteiger partial charge in [-0.05, 0) is 6.42 Å². The van der Waals surface area contributed by atoms with E-state index in [0.29, 0.717) is 12.0 Å². The fourth-order valence-corrected chi connectivity index (χ4v) is 1.32. The number of primary amides is 1. The van der Waals surface area contributed by atoms with Crippen LogP contribution in [0.25, 0.3) is 0 Å². The molecule has 0 bridgehead atoms. The van der Waals surface area contributed by atoms with Gasteiger partial charge in [0.1, 0.15) is 12.5 Å². The predicted molar refractivity (Wildman–Crippen MR) is 45.2 cm³/mol. The minimum absolute atomic E-state index is 0.145. The minimum Gasteiger partial charge on any atom is -0.412 e. The van der Waals surface area contributed by atoms with Crippen molar-refractivity contribution < 1.29 is 14.4 Å². The van der Waals surface area contributed by atoms with Crippen molar-refractivity contribution in [3.05, 3.63) is 11.8 Å². The molecule has 0 radical (unpaired) electrons. The van der Waals surface area contributed by atoms with Gasteiger partial charge in [-0.1, -0.05) is 6.92 Å². The Kier molecular flexibility index (Phi) is 3.02. The van der Waals surface area contributed by atoms with Gasteiger partial charge in [-0.25, -0.2) is 0 Å². The lowest BCUT2D eigenvalue weighted by Gasteiger charge is -2.19. The number of hydroxylamine groups is 2. The molecule has 0 aromatic rings. The lowest BCUT2D eigenvalue weighted by atomic mass is 10.1. The second kappa shape index (κ2) is 4.04. The molecule has 0 spiro atoms. The molecule has 1 amide bonds. The molecule has 2 N–H and O–H groups in total. The van der Waals surface area contributed by atoms with Gasteiger partial charge in [0, 0.05) is 0 Å². The maximum atomic E-state index is 10.9. The van der Waals surface area contributed by atoms with Gasteiger partial charge in [0.15, 0.2) is 0 Å². The number of carbonyl (C=O) groups excluding carboxylic acids is 2. The van der Waals surface area contributed by atoms with Gasteiger partial charge in [-0.15, -0.1) is 5.06 Å². The maximum Gasteiger partial charge on any atom is 0.249 e. The fourth-order valence-electron chi connectivity index (χ4n) is 1.32. The van der Waals surface area contributed by atoms with Crippen LogP contribution < -0.4 is 5.73 Å². The molecule has 0 aromatic heterocycles. The van der Waals surface area contributed by atoms with Crippen LogP contribution >= 0.6 is 0 Å². The van der Waals surface area contributed by atoms with E-state index in [0.717, 1.165) is 6.29 Å². The SMILES string of the molecule is CCC1C(C(N)=O)=CON1CC=O. The van der Waals surface area contributed by atoms with Gasteiger partial charge in [0.2, 0.25) is 5.91 Å². The van der Waals surface area contributed by atoms with Crippen LogP contribution in [-0.2, 0) is 14.4 Å². The molecule has 1 atom stereocenters. The smallest absolute Gasteiger partial charge is 0.249 e. The first-order chi connectivity index (χ1) is 6.20. The topological polar surface area (TPSA) is 72.6 Å². The zero-order valence-electron chi connectivity index (χ0n) is 7.40. The van der Waals surface area contributed by atoms with Crippen molar-refractivity contribution in [1.82, 2.24) is 5.06 Å². The van der Waals surface area contributed by atoms with Gasteiger partial charge in [-0.3, -0.25) is 4.79 Å². The number of rotatable bonds is 4. The largest absolute Gasteiger partial charge is 0.412 e. The number of amides is 1. The Bertz CT molecular complexity index is 250. The predicted octanol–water partition coefficient (Wildman–Crippen LogP) is -0.420. The summed E-state index contributed by atoms with van der Waals surface area (Å²) in [6, 6.07) is -0.192. The zero-order valence-corrected chi connectivity index (χ0v) is 7.40. The zero-order chi connectivity index (χ0) is 9.84. The van der Waals surface area contributed by atoms with E-state index >= 15 is 0 Å². The molecule has 0 saturated carbocycles. The first-order valence-corrected chi connectivity index (χ1v) is 4.07. The average molecular weight is 184 g/mol.